The number of thioether (sulfide) groups is 2. The van der Waals surface area contributed by atoms with Gasteiger partial charge in [-0.2, -0.15) is 11.8 Å². The van der Waals surface area contributed by atoms with E-state index in [2.05, 4.69) is 51.6 Å². The van der Waals surface area contributed by atoms with Crippen LogP contribution in [0.2, 0.25) is 0 Å². The Balaban J connectivity index is 1.53. The first-order chi connectivity index (χ1) is 11.3. The van der Waals surface area contributed by atoms with Crippen molar-refractivity contribution in [3.05, 3.63) is 70.2 Å². The molecule has 5 heteroatoms. The van der Waals surface area contributed by atoms with Crippen LogP contribution in [0.5, 0.6) is 0 Å². The zero-order chi connectivity index (χ0) is 16.3. The average molecular weight is 410 g/mol. The van der Waals surface area contributed by atoms with E-state index in [1.807, 2.05) is 36.0 Å². The Hall–Kier alpha value is -0.910. The molecule has 0 saturated heterocycles. The van der Waals surface area contributed by atoms with Gasteiger partial charge in [-0.15, -0.1) is 11.8 Å². The second-order valence-corrected chi connectivity index (χ2v) is 7.92. The SMILES string of the molecule is O=C(CSCc1ccccc1Br)NCCSCc1ccccc1. The monoisotopic (exact) mass is 409 g/mol. The molecule has 2 rings (SSSR count). The van der Waals surface area contributed by atoms with Gasteiger partial charge in [0.1, 0.15) is 0 Å². The number of carbonyl (C=O) groups excluding carboxylic acids is 1. The van der Waals surface area contributed by atoms with Gasteiger partial charge in [-0.3, -0.25) is 4.79 Å². The lowest BCUT2D eigenvalue weighted by molar-refractivity contribution is -0.118. The van der Waals surface area contributed by atoms with E-state index in [1.165, 1.54) is 11.1 Å². The van der Waals surface area contributed by atoms with Crippen molar-refractivity contribution >= 4 is 45.4 Å². The summed E-state index contributed by atoms with van der Waals surface area (Å²) in [4.78, 5) is 11.8. The van der Waals surface area contributed by atoms with E-state index < -0.39 is 0 Å². The van der Waals surface area contributed by atoms with Gasteiger partial charge < -0.3 is 5.32 Å². The zero-order valence-corrected chi connectivity index (χ0v) is 16.1. The topological polar surface area (TPSA) is 29.1 Å². The molecule has 2 aromatic carbocycles. The second-order valence-electron chi connectivity index (χ2n) is 4.97. The molecule has 0 aliphatic rings. The molecule has 2 aromatic rings. The highest BCUT2D eigenvalue weighted by Crippen LogP contribution is 2.21. The minimum Gasteiger partial charge on any atom is -0.355 e. The van der Waals surface area contributed by atoms with Crippen molar-refractivity contribution in [1.82, 2.24) is 5.32 Å². The molecule has 0 bridgehead atoms. The molecular weight excluding hydrogens is 390 g/mol. The molecule has 23 heavy (non-hydrogen) atoms. The highest BCUT2D eigenvalue weighted by molar-refractivity contribution is 9.10. The second kappa shape index (κ2) is 10.8. The first kappa shape index (κ1) is 18.4. The molecule has 0 atom stereocenters. The standard InChI is InChI=1S/C18H20BrNOS2/c19-17-9-5-4-8-16(17)13-23-14-18(21)20-10-11-22-12-15-6-2-1-3-7-15/h1-9H,10-14H2,(H,20,21). The van der Waals surface area contributed by atoms with Crippen LogP contribution in [0, 0.1) is 0 Å². The van der Waals surface area contributed by atoms with Gasteiger partial charge in [0.15, 0.2) is 0 Å². The van der Waals surface area contributed by atoms with Gasteiger partial charge in [0, 0.05) is 28.3 Å². The van der Waals surface area contributed by atoms with Crippen molar-refractivity contribution < 1.29 is 4.79 Å². The normalized spacial score (nSPS) is 10.5. The van der Waals surface area contributed by atoms with E-state index in [-0.39, 0.29) is 5.91 Å². The number of hydrogen-bond donors (Lipinski definition) is 1. The van der Waals surface area contributed by atoms with Gasteiger partial charge in [-0.05, 0) is 17.2 Å². The van der Waals surface area contributed by atoms with Gasteiger partial charge >= 0.3 is 0 Å². The molecule has 2 nitrogen and oxygen atoms in total. The number of carbonyl (C=O) groups is 1. The summed E-state index contributed by atoms with van der Waals surface area (Å²) in [6.07, 6.45) is 0. The summed E-state index contributed by atoms with van der Waals surface area (Å²) in [6, 6.07) is 18.5. The third-order valence-electron chi connectivity index (χ3n) is 3.13. The molecule has 1 amide bonds. The molecule has 0 unspecified atom stereocenters. The maximum Gasteiger partial charge on any atom is 0.230 e. The molecule has 1 N–H and O–H groups in total. The van der Waals surface area contributed by atoms with Gasteiger partial charge in [-0.1, -0.05) is 64.5 Å². The van der Waals surface area contributed by atoms with Crippen LogP contribution in [0.3, 0.4) is 0 Å². The number of halogens is 1. The van der Waals surface area contributed by atoms with Crippen molar-refractivity contribution in [1.29, 1.82) is 0 Å². The Morgan fingerprint density at radius 3 is 2.48 bits per heavy atom. The summed E-state index contributed by atoms with van der Waals surface area (Å²) in [7, 11) is 0. The number of nitrogens with one attached hydrogen (secondary N) is 1. The predicted molar refractivity (Wildman–Crippen MR) is 106 cm³/mol. The summed E-state index contributed by atoms with van der Waals surface area (Å²) >= 11 is 7.01. The highest BCUT2D eigenvalue weighted by Gasteiger charge is 2.03. The fraction of sp³-hybridized carbons (Fsp3) is 0.278. The Labute approximate surface area is 155 Å². The Morgan fingerprint density at radius 1 is 0.957 bits per heavy atom. The zero-order valence-electron chi connectivity index (χ0n) is 12.8. The lowest BCUT2D eigenvalue weighted by atomic mass is 10.2. The van der Waals surface area contributed by atoms with Gasteiger partial charge in [0.05, 0.1) is 5.75 Å². The third-order valence-corrected chi connectivity index (χ3v) is 5.91. The predicted octanol–water partition coefficient (Wildman–Crippen LogP) is 4.73. The van der Waals surface area contributed by atoms with Crippen molar-refractivity contribution in [2.75, 3.05) is 18.1 Å². The van der Waals surface area contributed by atoms with Crippen LogP contribution < -0.4 is 5.32 Å². The van der Waals surface area contributed by atoms with Crippen LogP contribution in [0.4, 0.5) is 0 Å². The summed E-state index contributed by atoms with van der Waals surface area (Å²) in [5, 5.41) is 2.98. The van der Waals surface area contributed by atoms with Gasteiger partial charge in [-0.25, -0.2) is 0 Å². The molecule has 0 aliphatic heterocycles. The molecule has 122 valence electrons. The summed E-state index contributed by atoms with van der Waals surface area (Å²) in [6.45, 7) is 0.728. The maximum atomic E-state index is 11.8. The Kier molecular flexibility index (Phi) is 8.64. The molecule has 0 saturated carbocycles. The molecule has 0 fully saturated rings. The molecule has 0 aliphatic carbocycles. The van der Waals surface area contributed by atoms with Gasteiger partial charge in [0.2, 0.25) is 5.91 Å². The van der Waals surface area contributed by atoms with Crippen molar-refractivity contribution in [3.63, 3.8) is 0 Å². The van der Waals surface area contributed by atoms with E-state index in [1.54, 1.807) is 11.8 Å². The number of amides is 1. The number of benzene rings is 2. The van der Waals surface area contributed by atoms with Crippen LogP contribution in [-0.4, -0.2) is 24.0 Å². The maximum absolute atomic E-state index is 11.8. The highest BCUT2D eigenvalue weighted by atomic mass is 79.9. The molecule has 0 radical (unpaired) electrons. The Morgan fingerprint density at radius 2 is 1.70 bits per heavy atom. The fourth-order valence-electron chi connectivity index (χ4n) is 1.95. The van der Waals surface area contributed by atoms with Crippen LogP contribution >= 0.6 is 39.5 Å². The quantitative estimate of drug-likeness (QED) is 0.606. The van der Waals surface area contributed by atoms with Crippen molar-refractivity contribution in [3.8, 4) is 0 Å². The van der Waals surface area contributed by atoms with Crippen molar-refractivity contribution in [2.24, 2.45) is 0 Å². The minimum absolute atomic E-state index is 0.113. The average Bonchev–Trinajstić information content (AvgIpc) is 2.57. The molecule has 0 heterocycles. The number of rotatable bonds is 9. The lowest BCUT2D eigenvalue weighted by Crippen LogP contribution is -2.27. The molecular formula is C18H20BrNOS2. The summed E-state index contributed by atoms with van der Waals surface area (Å²) < 4.78 is 1.10. The first-order valence-corrected chi connectivity index (χ1v) is 10.6. The van der Waals surface area contributed by atoms with Gasteiger partial charge in [0.25, 0.3) is 0 Å². The van der Waals surface area contributed by atoms with E-state index in [9.17, 15) is 4.79 Å². The van der Waals surface area contributed by atoms with E-state index in [0.717, 1.165) is 28.3 Å². The molecule has 0 spiro atoms. The van der Waals surface area contributed by atoms with Crippen LogP contribution in [-0.2, 0) is 16.3 Å². The molecule has 0 aromatic heterocycles. The van der Waals surface area contributed by atoms with E-state index in [0.29, 0.717) is 5.75 Å². The number of hydrogen-bond acceptors (Lipinski definition) is 3. The lowest BCUT2D eigenvalue weighted by Gasteiger charge is -2.06. The smallest absolute Gasteiger partial charge is 0.230 e. The fourth-order valence-corrected chi connectivity index (χ4v) is 4.24. The Bertz CT molecular complexity index is 607. The van der Waals surface area contributed by atoms with E-state index in [4.69, 9.17) is 0 Å². The van der Waals surface area contributed by atoms with Crippen molar-refractivity contribution in [2.45, 2.75) is 11.5 Å². The van der Waals surface area contributed by atoms with Crippen LogP contribution in [0.1, 0.15) is 11.1 Å². The van der Waals surface area contributed by atoms with Crippen LogP contribution in [0.15, 0.2) is 59.1 Å². The summed E-state index contributed by atoms with van der Waals surface area (Å²) in [5.41, 5.74) is 2.55. The minimum atomic E-state index is 0.113. The third kappa shape index (κ3) is 7.46. The van der Waals surface area contributed by atoms with E-state index >= 15 is 0 Å². The van der Waals surface area contributed by atoms with Crippen LogP contribution in [0.25, 0.3) is 0 Å². The summed E-state index contributed by atoms with van der Waals surface area (Å²) in [5.74, 6) is 3.40. The largest absolute Gasteiger partial charge is 0.355 e. The first-order valence-electron chi connectivity index (χ1n) is 7.45.